The summed E-state index contributed by atoms with van der Waals surface area (Å²) in [6, 6.07) is 10.1. The van der Waals surface area contributed by atoms with Crippen molar-refractivity contribution in [2.75, 3.05) is 14.1 Å². The smallest absolute Gasteiger partial charge is 0.263 e. The number of halogens is 1. The molecule has 0 N–H and O–H groups in total. The van der Waals surface area contributed by atoms with Crippen molar-refractivity contribution in [3.8, 4) is 10.4 Å². The van der Waals surface area contributed by atoms with Crippen molar-refractivity contribution in [3.05, 3.63) is 47.1 Å². The summed E-state index contributed by atoms with van der Waals surface area (Å²) in [5.74, 6) is -0.323. The van der Waals surface area contributed by atoms with Crippen LogP contribution in [0.1, 0.15) is 9.67 Å². The van der Waals surface area contributed by atoms with Crippen LogP contribution in [-0.4, -0.2) is 24.9 Å². The lowest BCUT2D eigenvalue weighted by atomic mass is 10.2. The monoisotopic (exact) mass is 249 g/mol. The number of carbonyl (C=O) groups excluding carboxylic acids is 1. The Hall–Kier alpha value is -1.68. The van der Waals surface area contributed by atoms with Gasteiger partial charge in [-0.05, 0) is 18.2 Å². The molecule has 0 aliphatic carbocycles. The van der Waals surface area contributed by atoms with E-state index >= 15 is 0 Å². The molecule has 2 nitrogen and oxygen atoms in total. The number of rotatable bonds is 2. The summed E-state index contributed by atoms with van der Waals surface area (Å²) in [6.45, 7) is 0. The minimum atomic E-state index is -0.266. The van der Waals surface area contributed by atoms with Crippen LogP contribution in [-0.2, 0) is 0 Å². The number of carbonyl (C=O) groups is 1. The molecule has 0 aliphatic heterocycles. The van der Waals surface area contributed by atoms with Crippen LogP contribution in [0.5, 0.6) is 0 Å². The van der Waals surface area contributed by atoms with E-state index in [0.717, 1.165) is 4.88 Å². The zero-order chi connectivity index (χ0) is 12.4. The van der Waals surface area contributed by atoms with Gasteiger partial charge in [-0.3, -0.25) is 4.79 Å². The van der Waals surface area contributed by atoms with E-state index in [4.69, 9.17) is 0 Å². The first-order valence-electron chi connectivity index (χ1n) is 5.16. The maximum absolute atomic E-state index is 13.6. The highest BCUT2D eigenvalue weighted by atomic mass is 32.1. The number of hydrogen-bond acceptors (Lipinski definition) is 2. The fourth-order valence-corrected chi connectivity index (χ4v) is 2.53. The summed E-state index contributed by atoms with van der Waals surface area (Å²) >= 11 is 1.31. The van der Waals surface area contributed by atoms with E-state index < -0.39 is 0 Å². The van der Waals surface area contributed by atoms with Crippen molar-refractivity contribution < 1.29 is 9.18 Å². The molecule has 0 fully saturated rings. The molecule has 1 heterocycles. The van der Waals surface area contributed by atoms with Crippen LogP contribution in [0.15, 0.2) is 36.4 Å². The van der Waals surface area contributed by atoms with E-state index in [2.05, 4.69) is 0 Å². The predicted octanol–water partition coefficient (Wildman–Crippen LogP) is 3.26. The summed E-state index contributed by atoms with van der Waals surface area (Å²) in [6.07, 6.45) is 0. The van der Waals surface area contributed by atoms with Crippen LogP contribution in [0.2, 0.25) is 0 Å². The number of thiophene rings is 1. The normalized spacial score (nSPS) is 10.3. The topological polar surface area (TPSA) is 20.3 Å². The van der Waals surface area contributed by atoms with Gasteiger partial charge < -0.3 is 4.90 Å². The molecule has 1 amide bonds. The van der Waals surface area contributed by atoms with E-state index in [1.807, 2.05) is 0 Å². The Morgan fingerprint density at radius 3 is 2.53 bits per heavy atom. The van der Waals surface area contributed by atoms with Crippen LogP contribution in [0, 0.1) is 5.82 Å². The second kappa shape index (κ2) is 4.67. The number of benzene rings is 1. The SMILES string of the molecule is CN(C)C(=O)c1ccc(-c2ccccc2F)s1. The zero-order valence-corrected chi connectivity index (χ0v) is 10.4. The molecule has 0 atom stereocenters. The second-order valence-electron chi connectivity index (χ2n) is 3.84. The van der Waals surface area contributed by atoms with Gasteiger partial charge in [-0.1, -0.05) is 18.2 Å². The molecule has 0 aliphatic rings. The summed E-state index contributed by atoms with van der Waals surface area (Å²) in [4.78, 5) is 14.6. The molecule has 0 unspecified atom stereocenters. The van der Waals surface area contributed by atoms with Gasteiger partial charge >= 0.3 is 0 Å². The van der Waals surface area contributed by atoms with E-state index in [-0.39, 0.29) is 11.7 Å². The van der Waals surface area contributed by atoms with Gasteiger partial charge in [0.05, 0.1) is 4.88 Å². The minimum Gasteiger partial charge on any atom is -0.344 e. The number of amides is 1. The lowest BCUT2D eigenvalue weighted by Gasteiger charge is -2.07. The molecule has 88 valence electrons. The average molecular weight is 249 g/mol. The molecule has 0 bridgehead atoms. The maximum Gasteiger partial charge on any atom is 0.263 e. The summed E-state index contributed by atoms with van der Waals surface area (Å²) in [5.41, 5.74) is 0.537. The third-order valence-corrected chi connectivity index (χ3v) is 3.47. The van der Waals surface area contributed by atoms with Gasteiger partial charge in [0, 0.05) is 24.5 Å². The Morgan fingerprint density at radius 2 is 1.88 bits per heavy atom. The maximum atomic E-state index is 13.6. The molecule has 0 radical (unpaired) electrons. The van der Waals surface area contributed by atoms with Crippen LogP contribution < -0.4 is 0 Å². The lowest BCUT2D eigenvalue weighted by Crippen LogP contribution is -2.20. The quantitative estimate of drug-likeness (QED) is 0.800. The third-order valence-electron chi connectivity index (χ3n) is 2.36. The molecule has 0 saturated heterocycles. The van der Waals surface area contributed by atoms with E-state index in [1.54, 1.807) is 44.4 Å². The van der Waals surface area contributed by atoms with Crippen LogP contribution in [0.4, 0.5) is 4.39 Å². The van der Waals surface area contributed by atoms with Crippen molar-refractivity contribution in [2.24, 2.45) is 0 Å². The van der Waals surface area contributed by atoms with Crippen molar-refractivity contribution in [1.82, 2.24) is 4.90 Å². The van der Waals surface area contributed by atoms with Gasteiger partial charge in [-0.25, -0.2) is 4.39 Å². The summed E-state index contributed by atoms with van der Waals surface area (Å²) in [5, 5.41) is 0. The highest BCUT2D eigenvalue weighted by molar-refractivity contribution is 7.17. The lowest BCUT2D eigenvalue weighted by molar-refractivity contribution is 0.0832. The van der Waals surface area contributed by atoms with Gasteiger partial charge in [0.2, 0.25) is 0 Å². The molecule has 2 aromatic rings. The molecule has 4 heteroatoms. The molecular weight excluding hydrogens is 237 g/mol. The molecule has 2 rings (SSSR count). The van der Waals surface area contributed by atoms with Gasteiger partial charge in [-0.15, -0.1) is 11.3 Å². The average Bonchev–Trinajstić information content (AvgIpc) is 2.77. The van der Waals surface area contributed by atoms with Crippen LogP contribution in [0.3, 0.4) is 0 Å². The first-order chi connectivity index (χ1) is 8.09. The van der Waals surface area contributed by atoms with E-state index in [9.17, 15) is 9.18 Å². The minimum absolute atomic E-state index is 0.0578. The fraction of sp³-hybridized carbons (Fsp3) is 0.154. The Bertz CT molecular complexity index is 548. The second-order valence-corrected chi connectivity index (χ2v) is 4.93. The summed E-state index contributed by atoms with van der Waals surface area (Å²) < 4.78 is 13.6. The Labute approximate surface area is 103 Å². The van der Waals surface area contributed by atoms with Gasteiger partial charge in [0.1, 0.15) is 5.82 Å². The van der Waals surface area contributed by atoms with Crippen molar-refractivity contribution in [3.63, 3.8) is 0 Å². The highest BCUT2D eigenvalue weighted by Crippen LogP contribution is 2.30. The first-order valence-corrected chi connectivity index (χ1v) is 5.97. The van der Waals surface area contributed by atoms with Gasteiger partial charge in [0.25, 0.3) is 5.91 Å². The molecule has 17 heavy (non-hydrogen) atoms. The highest BCUT2D eigenvalue weighted by Gasteiger charge is 2.13. The van der Waals surface area contributed by atoms with Crippen LogP contribution >= 0.6 is 11.3 Å². The summed E-state index contributed by atoms with van der Waals surface area (Å²) in [7, 11) is 3.40. The Morgan fingerprint density at radius 1 is 1.18 bits per heavy atom. The number of nitrogens with zero attached hydrogens (tertiary/aromatic N) is 1. The standard InChI is InChI=1S/C13H12FNOS/c1-15(2)13(16)12-8-7-11(17-12)9-5-3-4-6-10(9)14/h3-8H,1-2H3. The molecule has 0 saturated carbocycles. The molecule has 1 aromatic carbocycles. The van der Waals surface area contributed by atoms with E-state index in [1.165, 1.54) is 22.3 Å². The van der Waals surface area contributed by atoms with E-state index in [0.29, 0.717) is 10.4 Å². The van der Waals surface area contributed by atoms with Crippen molar-refractivity contribution in [1.29, 1.82) is 0 Å². The molecule has 0 spiro atoms. The van der Waals surface area contributed by atoms with Gasteiger partial charge in [-0.2, -0.15) is 0 Å². The Balaban J connectivity index is 2.37. The predicted molar refractivity (Wildman–Crippen MR) is 67.7 cm³/mol. The first kappa shape index (κ1) is 11.8. The molecule has 1 aromatic heterocycles. The molecular formula is C13H12FNOS. The van der Waals surface area contributed by atoms with Gasteiger partial charge in [0.15, 0.2) is 0 Å². The Kier molecular flexibility index (Phi) is 3.24. The largest absolute Gasteiger partial charge is 0.344 e. The van der Waals surface area contributed by atoms with Crippen LogP contribution in [0.25, 0.3) is 10.4 Å². The van der Waals surface area contributed by atoms with Crippen molar-refractivity contribution in [2.45, 2.75) is 0 Å². The van der Waals surface area contributed by atoms with Crippen molar-refractivity contribution >= 4 is 17.2 Å². The zero-order valence-electron chi connectivity index (χ0n) is 9.61. The third kappa shape index (κ3) is 2.36. The fourth-order valence-electron chi connectivity index (χ4n) is 1.48. The number of hydrogen-bond donors (Lipinski definition) is 0.